The molecule has 0 spiro atoms. The Balaban J connectivity index is 2.24. The summed E-state index contributed by atoms with van der Waals surface area (Å²) in [6.45, 7) is 2.39. The normalized spacial score (nSPS) is 10.5. The third kappa shape index (κ3) is 2.78. The lowest BCUT2D eigenvalue weighted by molar-refractivity contribution is 0.0691. The van der Waals surface area contributed by atoms with E-state index in [1.165, 1.54) is 4.68 Å². The highest BCUT2D eigenvalue weighted by Crippen LogP contribution is 2.29. The number of aromatic carboxylic acids is 1. The van der Waals surface area contributed by atoms with Crippen molar-refractivity contribution in [2.45, 2.75) is 6.92 Å². The third-order valence-corrected chi connectivity index (χ3v) is 3.31. The average molecular weight is 309 g/mol. The monoisotopic (exact) mass is 309 g/mol. The first-order valence-corrected chi connectivity index (χ1v) is 7.19. The summed E-state index contributed by atoms with van der Waals surface area (Å²) in [6.07, 6.45) is 0. The number of benzene rings is 2. The molecule has 3 aromatic rings. The molecule has 0 radical (unpaired) electrons. The van der Waals surface area contributed by atoms with Gasteiger partial charge in [0.25, 0.3) is 0 Å². The highest BCUT2D eigenvalue weighted by molar-refractivity contribution is 5.93. The van der Waals surface area contributed by atoms with Crippen LogP contribution in [-0.2, 0) is 0 Å². The van der Waals surface area contributed by atoms with Crippen molar-refractivity contribution in [3.8, 4) is 22.7 Å². The number of ether oxygens (including phenoxy) is 1. The highest BCUT2D eigenvalue weighted by Gasteiger charge is 2.22. The Bertz CT molecular complexity index is 828. The number of nitrogens with zero attached hydrogens (tertiary/aromatic N) is 3. The molecule has 0 unspecified atom stereocenters. The van der Waals surface area contributed by atoms with Crippen LogP contribution in [0.15, 0.2) is 54.6 Å². The Morgan fingerprint density at radius 2 is 1.83 bits per heavy atom. The first-order chi connectivity index (χ1) is 11.2. The van der Waals surface area contributed by atoms with E-state index in [1.54, 1.807) is 0 Å². The van der Waals surface area contributed by atoms with Gasteiger partial charge in [-0.1, -0.05) is 47.7 Å². The Labute approximate surface area is 133 Å². The SMILES string of the molecule is CCOc1ccccc1-n1nnc(C(=O)O)c1-c1ccccc1. The van der Waals surface area contributed by atoms with Gasteiger partial charge >= 0.3 is 5.97 Å². The molecule has 0 aliphatic carbocycles. The van der Waals surface area contributed by atoms with Gasteiger partial charge in [-0.25, -0.2) is 9.48 Å². The summed E-state index contributed by atoms with van der Waals surface area (Å²) < 4.78 is 7.12. The lowest BCUT2D eigenvalue weighted by Gasteiger charge is -2.12. The Hall–Kier alpha value is -3.15. The van der Waals surface area contributed by atoms with Crippen LogP contribution in [-0.4, -0.2) is 32.7 Å². The fraction of sp³-hybridized carbons (Fsp3) is 0.118. The molecule has 0 aliphatic heterocycles. The van der Waals surface area contributed by atoms with Crippen LogP contribution in [0, 0.1) is 0 Å². The van der Waals surface area contributed by atoms with Crippen molar-refractivity contribution in [1.82, 2.24) is 15.0 Å². The topological polar surface area (TPSA) is 77.2 Å². The molecule has 1 heterocycles. The van der Waals surface area contributed by atoms with Crippen molar-refractivity contribution in [3.63, 3.8) is 0 Å². The van der Waals surface area contributed by atoms with Gasteiger partial charge in [0.1, 0.15) is 17.1 Å². The van der Waals surface area contributed by atoms with Gasteiger partial charge < -0.3 is 9.84 Å². The quantitative estimate of drug-likeness (QED) is 0.784. The molecule has 0 saturated carbocycles. The van der Waals surface area contributed by atoms with Crippen molar-refractivity contribution in [2.24, 2.45) is 0 Å². The molecule has 1 aromatic heterocycles. The maximum Gasteiger partial charge on any atom is 0.358 e. The molecule has 6 heteroatoms. The smallest absolute Gasteiger partial charge is 0.358 e. The Morgan fingerprint density at radius 3 is 2.52 bits per heavy atom. The number of carbonyl (C=O) groups is 1. The van der Waals surface area contributed by atoms with E-state index in [1.807, 2.05) is 61.5 Å². The van der Waals surface area contributed by atoms with Crippen LogP contribution in [0.2, 0.25) is 0 Å². The minimum atomic E-state index is -1.12. The minimum absolute atomic E-state index is 0.0949. The van der Waals surface area contributed by atoms with E-state index in [0.717, 1.165) is 5.56 Å². The zero-order valence-electron chi connectivity index (χ0n) is 12.5. The number of hydrogen-bond acceptors (Lipinski definition) is 4. The number of para-hydroxylation sites is 2. The van der Waals surface area contributed by atoms with Crippen LogP contribution >= 0.6 is 0 Å². The molecule has 0 fully saturated rings. The summed E-state index contributed by atoms with van der Waals surface area (Å²) in [5.74, 6) is -0.502. The van der Waals surface area contributed by atoms with Gasteiger partial charge in [-0.3, -0.25) is 0 Å². The van der Waals surface area contributed by atoms with Gasteiger partial charge in [-0.2, -0.15) is 0 Å². The maximum atomic E-state index is 11.5. The first-order valence-electron chi connectivity index (χ1n) is 7.19. The largest absolute Gasteiger partial charge is 0.492 e. The molecular formula is C17H15N3O3. The van der Waals surface area contributed by atoms with E-state index in [4.69, 9.17) is 4.74 Å². The lowest BCUT2D eigenvalue weighted by Crippen LogP contribution is -2.05. The third-order valence-electron chi connectivity index (χ3n) is 3.31. The molecule has 1 N–H and O–H groups in total. The van der Waals surface area contributed by atoms with E-state index >= 15 is 0 Å². The van der Waals surface area contributed by atoms with Gasteiger partial charge in [-0.05, 0) is 19.1 Å². The number of carboxylic acids is 1. The van der Waals surface area contributed by atoms with Crippen LogP contribution in [0.3, 0.4) is 0 Å². The van der Waals surface area contributed by atoms with Crippen molar-refractivity contribution in [3.05, 3.63) is 60.3 Å². The van der Waals surface area contributed by atoms with Crippen LogP contribution in [0.1, 0.15) is 17.4 Å². The molecule has 2 aromatic carbocycles. The van der Waals surface area contributed by atoms with Crippen LogP contribution in [0.5, 0.6) is 5.75 Å². The van der Waals surface area contributed by atoms with Crippen LogP contribution < -0.4 is 4.74 Å². The second-order valence-corrected chi connectivity index (χ2v) is 4.77. The fourth-order valence-corrected chi connectivity index (χ4v) is 2.36. The lowest BCUT2D eigenvalue weighted by atomic mass is 10.1. The van der Waals surface area contributed by atoms with E-state index in [2.05, 4.69) is 10.3 Å². The average Bonchev–Trinajstić information content (AvgIpc) is 3.01. The second-order valence-electron chi connectivity index (χ2n) is 4.77. The van der Waals surface area contributed by atoms with Crippen molar-refractivity contribution < 1.29 is 14.6 Å². The van der Waals surface area contributed by atoms with Gasteiger partial charge in [0, 0.05) is 5.56 Å². The summed E-state index contributed by atoms with van der Waals surface area (Å²) in [6, 6.07) is 16.5. The van der Waals surface area contributed by atoms with Gasteiger partial charge in [0.15, 0.2) is 5.69 Å². The molecular weight excluding hydrogens is 294 g/mol. The highest BCUT2D eigenvalue weighted by atomic mass is 16.5. The molecule has 6 nitrogen and oxygen atoms in total. The molecule has 116 valence electrons. The summed E-state index contributed by atoms with van der Waals surface area (Å²) in [7, 11) is 0. The second kappa shape index (κ2) is 6.31. The fourth-order valence-electron chi connectivity index (χ4n) is 2.36. The molecule has 0 bridgehead atoms. The van der Waals surface area contributed by atoms with Crippen LogP contribution in [0.25, 0.3) is 16.9 Å². The molecule has 0 aliphatic rings. The zero-order valence-corrected chi connectivity index (χ0v) is 12.5. The molecule has 0 atom stereocenters. The van der Waals surface area contributed by atoms with Crippen molar-refractivity contribution in [1.29, 1.82) is 0 Å². The minimum Gasteiger partial charge on any atom is -0.492 e. The molecule has 0 amide bonds. The van der Waals surface area contributed by atoms with Gasteiger partial charge in [0.05, 0.1) is 6.61 Å². The Kier molecular flexibility index (Phi) is 4.05. The summed E-state index contributed by atoms with van der Waals surface area (Å²) in [5, 5.41) is 17.3. The van der Waals surface area contributed by atoms with Crippen molar-refractivity contribution >= 4 is 5.97 Å². The van der Waals surface area contributed by atoms with E-state index in [9.17, 15) is 9.90 Å². The Morgan fingerprint density at radius 1 is 1.13 bits per heavy atom. The number of rotatable bonds is 5. The predicted octanol–water partition coefficient (Wildman–Crippen LogP) is 3.03. The van der Waals surface area contributed by atoms with E-state index in [0.29, 0.717) is 23.7 Å². The summed E-state index contributed by atoms with van der Waals surface area (Å²) in [4.78, 5) is 11.5. The number of carboxylic acid groups (broad SMARTS) is 1. The predicted molar refractivity (Wildman–Crippen MR) is 84.9 cm³/mol. The summed E-state index contributed by atoms with van der Waals surface area (Å²) >= 11 is 0. The van der Waals surface area contributed by atoms with Crippen LogP contribution in [0.4, 0.5) is 0 Å². The van der Waals surface area contributed by atoms with Gasteiger partial charge in [0.2, 0.25) is 0 Å². The molecule has 3 rings (SSSR count). The number of aromatic nitrogens is 3. The molecule has 23 heavy (non-hydrogen) atoms. The van der Waals surface area contributed by atoms with Gasteiger partial charge in [-0.15, -0.1) is 5.10 Å². The molecule has 0 saturated heterocycles. The van der Waals surface area contributed by atoms with E-state index < -0.39 is 5.97 Å². The van der Waals surface area contributed by atoms with Crippen molar-refractivity contribution in [2.75, 3.05) is 6.61 Å². The maximum absolute atomic E-state index is 11.5. The standard InChI is InChI=1S/C17H15N3O3/c1-2-23-14-11-7-6-10-13(14)20-16(12-8-4-3-5-9-12)15(17(21)22)18-19-20/h3-11H,2H2,1H3,(H,21,22). The van der Waals surface area contributed by atoms with E-state index in [-0.39, 0.29) is 5.69 Å². The summed E-state index contributed by atoms with van der Waals surface area (Å²) in [5.41, 5.74) is 1.70. The zero-order chi connectivity index (χ0) is 16.2. The first kappa shape index (κ1) is 14.8. The number of hydrogen-bond donors (Lipinski definition) is 1.